The number of rotatable bonds is 2. The maximum Gasteiger partial charge on any atom is 0.335 e. The summed E-state index contributed by atoms with van der Waals surface area (Å²) in [7, 11) is 0. The van der Waals surface area contributed by atoms with E-state index in [2.05, 4.69) is 0 Å². The number of halogens is 2. The monoisotopic (exact) mass is 316 g/mol. The fraction of sp³-hybridized carbons (Fsp3) is 0. The normalized spacial score (nSPS) is 10.8. The second kappa shape index (κ2) is 5.40. The molecule has 4 heteroatoms. The van der Waals surface area contributed by atoms with Crippen molar-refractivity contribution in [2.75, 3.05) is 0 Å². The third-order valence-electron chi connectivity index (χ3n) is 3.37. The first-order valence-corrected chi connectivity index (χ1v) is 7.04. The quantitative estimate of drug-likeness (QED) is 0.676. The average molecular weight is 317 g/mol. The molecular weight excluding hydrogens is 307 g/mol. The largest absolute Gasteiger partial charge is 0.478 e. The number of carboxylic acid groups (broad SMARTS) is 1. The molecule has 2 nitrogen and oxygen atoms in total. The Morgan fingerprint density at radius 3 is 2.19 bits per heavy atom. The van der Waals surface area contributed by atoms with Gasteiger partial charge in [0.1, 0.15) is 0 Å². The van der Waals surface area contributed by atoms with Gasteiger partial charge in [-0.1, -0.05) is 53.5 Å². The smallest absolute Gasteiger partial charge is 0.335 e. The van der Waals surface area contributed by atoms with Crippen molar-refractivity contribution in [3.63, 3.8) is 0 Å². The Kier molecular flexibility index (Phi) is 3.58. The summed E-state index contributed by atoms with van der Waals surface area (Å²) >= 11 is 12.5. The molecule has 0 unspecified atom stereocenters. The predicted molar refractivity (Wildman–Crippen MR) is 86.4 cm³/mol. The third-order valence-corrected chi connectivity index (χ3v) is 4.03. The van der Waals surface area contributed by atoms with Gasteiger partial charge >= 0.3 is 5.97 Å². The van der Waals surface area contributed by atoms with Crippen molar-refractivity contribution in [3.8, 4) is 11.1 Å². The summed E-state index contributed by atoms with van der Waals surface area (Å²) in [6.45, 7) is 0. The highest BCUT2D eigenvalue weighted by molar-refractivity contribution is 6.37. The van der Waals surface area contributed by atoms with Gasteiger partial charge in [0.25, 0.3) is 0 Å². The second-order valence-electron chi connectivity index (χ2n) is 4.64. The number of hydrogen-bond acceptors (Lipinski definition) is 1. The fourth-order valence-corrected chi connectivity index (χ4v) is 2.81. The van der Waals surface area contributed by atoms with E-state index in [0.29, 0.717) is 15.6 Å². The van der Waals surface area contributed by atoms with Gasteiger partial charge < -0.3 is 5.11 Å². The number of carboxylic acids is 1. The SMILES string of the molecule is O=C(O)c1ccc(Cl)c(-c2ccc(Cl)c3ccccc23)c1. The van der Waals surface area contributed by atoms with Crippen molar-refractivity contribution in [1.29, 1.82) is 0 Å². The highest BCUT2D eigenvalue weighted by atomic mass is 35.5. The van der Waals surface area contributed by atoms with E-state index in [9.17, 15) is 4.79 Å². The van der Waals surface area contributed by atoms with Gasteiger partial charge in [0.15, 0.2) is 0 Å². The molecule has 3 aromatic rings. The molecule has 0 aliphatic rings. The zero-order chi connectivity index (χ0) is 15.0. The first-order chi connectivity index (χ1) is 10.1. The molecule has 0 radical (unpaired) electrons. The fourth-order valence-electron chi connectivity index (χ4n) is 2.36. The molecule has 3 rings (SSSR count). The maximum atomic E-state index is 11.1. The molecule has 0 saturated carbocycles. The van der Waals surface area contributed by atoms with Crippen molar-refractivity contribution in [2.45, 2.75) is 0 Å². The maximum absolute atomic E-state index is 11.1. The van der Waals surface area contributed by atoms with E-state index in [1.54, 1.807) is 18.2 Å². The van der Waals surface area contributed by atoms with Crippen LogP contribution in [0, 0.1) is 0 Å². The topological polar surface area (TPSA) is 37.3 Å². The van der Waals surface area contributed by atoms with Crippen LogP contribution in [0.3, 0.4) is 0 Å². The Labute approximate surface area is 131 Å². The first kappa shape index (κ1) is 13.9. The molecule has 0 atom stereocenters. The van der Waals surface area contributed by atoms with Crippen LogP contribution in [0.5, 0.6) is 0 Å². The summed E-state index contributed by atoms with van der Waals surface area (Å²) in [5.74, 6) is -0.980. The molecule has 0 fully saturated rings. The van der Waals surface area contributed by atoms with Crippen LogP contribution in [0.4, 0.5) is 0 Å². The van der Waals surface area contributed by atoms with Crippen molar-refractivity contribution in [3.05, 3.63) is 70.2 Å². The Bertz CT molecular complexity index is 857. The molecule has 0 saturated heterocycles. The molecule has 0 bridgehead atoms. The molecule has 0 aliphatic carbocycles. The minimum atomic E-state index is -0.980. The van der Waals surface area contributed by atoms with Gasteiger partial charge in [0.05, 0.1) is 5.56 Å². The molecule has 0 spiro atoms. The summed E-state index contributed by atoms with van der Waals surface area (Å²) in [5.41, 5.74) is 1.75. The Balaban J connectivity index is 2.33. The van der Waals surface area contributed by atoms with Gasteiger partial charge in [-0.3, -0.25) is 0 Å². The molecule has 21 heavy (non-hydrogen) atoms. The van der Waals surface area contributed by atoms with Crippen LogP contribution in [0.15, 0.2) is 54.6 Å². The van der Waals surface area contributed by atoms with Gasteiger partial charge in [-0.25, -0.2) is 4.79 Å². The van der Waals surface area contributed by atoms with Gasteiger partial charge in [0, 0.05) is 21.0 Å². The molecule has 0 aromatic heterocycles. The number of benzene rings is 3. The number of hydrogen-bond donors (Lipinski definition) is 1. The van der Waals surface area contributed by atoms with E-state index in [1.807, 2.05) is 30.3 Å². The van der Waals surface area contributed by atoms with Gasteiger partial charge in [-0.05, 0) is 35.2 Å². The van der Waals surface area contributed by atoms with Crippen molar-refractivity contribution < 1.29 is 9.90 Å². The standard InChI is InChI=1S/C17H10Cl2O2/c18-15-8-6-12(11-3-1-2-4-13(11)15)14-9-10(17(20)21)5-7-16(14)19/h1-9H,(H,20,21). The summed E-state index contributed by atoms with van der Waals surface area (Å²) < 4.78 is 0. The molecule has 0 amide bonds. The number of carbonyl (C=O) groups is 1. The van der Waals surface area contributed by atoms with Crippen molar-refractivity contribution in [2.24, 2.45) is 0 Å². The molecule has 3 aromatic carbocycles. The molecular formula is C17H10Cl2O2. The molecule has 104 valence electrons. The minimum Gasteiger partial charge on any atom is -0.478 e. The van der Waals surface area contributed by atoms with E-state index in [1.165, 1.54) is 6.07 Å². The lowest BCUT2D eigenvalue weighted by molar-refractivity contribution is 0.0697. The van der Waals surface area contributed by atoms with E-state index >= 15 is 0 Å². The van der Waals surface area contributed by atoms with Crippen molar-refractivity contribution >= 4 is 39.9 Å². The lowest BCUT2D eigenvalue weighted by atomic mass is 9.97. The van der Waals surface area contributed by atoms with Crippen LogP contribution in [0.2, 0.25) is 10.0 Å². The lowest BCUT2D eigenvalue weighted by Crippen LogP contribution is -1.96. The van der Waals surface area contributed by atoms with Gasteiger partial charge in [-0.15, -0.1) is 0 Å². The van der Waals surface area contributed by atoms with E-state index in [0.717, 1.165) is 16.3 Å². The zero-order valence-electron chi connectivity index (χ0n) is 10.8. The summed E-state index contributed by atoms with van der Waals surface area (Å²) in [6.07, 6.45) is 0. The van der Waals surface area contributed by atoms with E-state index in [-0.39, 0.29) is 5.56 Å². The summed E-state index contributed by atoms with van der Waals surface area (Å²) in [6, 6.07) is 16.0. The highest BCUT2D eigenvalue weighted by Crippen LogP contribution is 2.36. The van der Waals surface area contributed by atoms with Crippen LogP contribution in [0.25, 0.3) is 21.9 Å². The zero-order valence-corrected chi connectivity index (χ0v) is 12.3. The third kappa shape index (κ3) is 2.48. The van der Waals surface area contributed by atoms with Gasteiger partial charge in [0.2, 0.25) is 0 Å². The lowest BCUT2D eigenvalue weighted by Gasteiger charge is -2.11. The van der Waals surface area contributed by atoms with Crippen LogP contribution in [0.1, 0.15) is 10.4 Å². The summed E-state index contributed by atoms with van der Waals surface area (Å²) in [4.78, 5) is 11.1. The Morgan fingerprint density at radius 1 is 0.810 bits per heavy atom. The minimum absolute atomic E-state index is 0.202. The van der Waals surface area contributed by atoms with Gasteiger partial charge in [-0.2, -0.15) is 0 Å². The molecule has 0 aliphatic heterocycles. The first-order valence-electron chi connectivity index (χ1n) is 6.28. The Hall–Kier alpha value is -2.03. The van der Waals surface area contributed by atoms with Crippen molar-refractivity contribution in [1.82, 2.24) is 0 Å². The molecule has 1 N–H and O–H groups in total. The summed E-state index contributed by atoms with van der Waals surface area (Å²) in [5, 5.41) is 12.1. The Morgan fingerprint density at radius 2 is 1.48 bits per heavy atom. The second-order valence-corrected chi connectivity index (χ2v) is 5.45. The van der Waals surface area contributed by atoms with E-state index < -0.39 is 5.97 Å². The predicted octanol–water partition coefficient (Wildman–Crippen LogP) is 5.51. The highest BCUT2D eigenvalue weighted by Gasteiger charge is 2.12. The average Bonchev–Trinajstić information content (AvgIpc) is 2.49. The number of fused-ring (bicyclic) bond motifs is 1. The van der Waals surface area contributed by atoms with E-state index in [4.69, 9.17) is 28.3 Å². The van der Waals surface area contributed by atoms with Crippen LogP contribution in [-0.4, -0.2) is 11.1 Å². The van der Waals surface area contributed by atoms with Crippen LogP contribution >= 0.6 is 23.2 Å². The number of aromatic carboxylic acids is 1. The van der Waals surface area contributed by atoms with Crippen LogP contribution < -0.4 is 0 Å². The van der Waals surface area contributed by atoms with Crippen LogP contribution in [-0.2, 0) is 0 Å². The molecule has 0 heterocycles.